The van der Waals surface area contributed by atoms with Crippen LogP contribution in [-0.2, 0) is 0 Å². The first-order valence-electron chi connectivity index (χ1n) is 5.49. The van der Waals surface area contributed by atoms with Crippen molar-refractivity contribution < 1.29 is 0 Å². The van der Waals surface area contributed by atoms with Crippen molar-refractivity contribution in [3.8, 4) is 0 Å². The topological polar surface area (TPSA) is 18.5 Å². The van der Waals surface area contributed by atoms with Gasteiger partial charge in [0.15, 0.2) is 0 Å². The number of likely N-dealkylation sites (tertiary alicyclic amines) is 1. The number of rotatable bonds is 2. The molecule has 0 aromatic heterocycles. The molecule has 0 aromatic rings. The van der Waals surface area contributed by atoms with Crippen LogP contribution in [0, 0.1) is 0 Å². The number of piperazine rings is 1. The molecule has 76 valence electrons. The maximum atomic E-state index is 3.59. The first-order chi connectivity index (χ1) is 6.34. The highest BCUT2D eigenvalue weighted by Crippen LogP contribution is 2.08. The fourth-order valence-corrected chi connectivity index (χ4v) is 2.39. The van der Waals surface area contributed by atoms with Gasteiger partial charge in [0.2, 0.25) is 0 Å². The Morgan fingerprint density at radius 1 is 1.23 bits per heavy atom. The lowest BCUT2D eigenvalue weighted by Crippen LogP contribution is -2.53. The van der Waals surface area contributed by atoms with E-state index >= 15 is 0 Å². The van der Waals surface area contributed by atoms with Crippen LogP contribution in [0.5, 0.6) is 0 Å². The lowest BCUT2D eigenvalue weighted by atomic mass is 10.2. The van der Waals surface area contributed by atoms with E-state index in [1.165, 1.54) is 45.6 Å². The number of hydrogen-bond acceptors (Lipinski definition) is 3. The van der Waals surface area contributed by atoms with Crippen LogP contribution >= 0.6 is 0 Å². The van der Waals surface area contributed by atoms with Gasteiger partial charge in [0.1, 0.15) is 0 Å². The normalized spacial score (nSPS) is 32.5. The highest BCUT2D eigenvalue weighted by atomic mass is 15.2. The molecule has 0 aliphatic carbocycles. The third kappa shape index (κ3) is 2.66. The first kappa shape index (κ1) is 9.44. The quantitative estimate of drug-likeness (QED) is 0.649. The van der Waals surface area contributed by atoms with E-state index in [0.717, 1.165) is 6.54 Å². The van der Waals surface area contributed by atoms with E-state index in [4.69, 9.17) is 0 Å². The lowest BCUT2D eigenvalue weighted by molar-refractivity contribution is 0.195. The lowest BCUT2D eigenvalue weighted by Gasteiger charge is -2.33. The molecule has 0 aromatic carbocycles. The molecule has 0 amide bonds. The monoisotopic (exact) mass is 183 g/mol. The van der Waals surface area contributed by atoms with Crippen LogP contribution in [0.4, 0.5) is 0 Å². The van der Waals surface area contributed by atoms with E-state index in [9.17, 15) is 0 Å². The molecule has 13 heavy (non-hydrogen) atoms. The summed E-state index contributed by atoms with van der Waals surface area (Å²) in [6.45, 7) is 7.48. The number of hydrogen-bond donors (Lipinski definition) is 1. The van der Waals surface area contributed by atoms with Crippen LogP contribution in [-0.4, -0.2) is 62.2 Å². The van der Waals surface area contributed by atoms with E-state index in [-0.39, 0.29) is 0 Å². The molecular weight excluding hydrogens is 162 g/mol. The Kier molecular flexibility index (Phi) is 3.19. The zero-order chi connectivity index (χ0) is 9.10. The summed E-state index contributed by atoms with van der Waals surface area (Å²) in [4.78, 5) is 5.02. The summed E-state index contributed by atoms with van der Waals surface area (Å²) in [5.41, 5.74) is 0. The van der Waals surface area contributed by atoms with Crippen molar-refractivity contribution in [3.63, 3.8) is 0 Å². The molecule has 2 fully saturated rings. The van der Waals surface area contributed by atoms with Gasteiger partial charge in [0, 0.05) is 32.2 Å². The smallest absolute Gasteiger partial charge is 0.0323 e. The summed E-state index contributed by atoms with van der Waals surface area (Å²) in [7, 11) is 2.22. The third-order valence-corrected chi connectivity index (χ3v) is 3.14. The standard InChI is InChI=1S/C10H21N3/c1-12-7-4-11-10(8-12)9-13-5-2-3-6-13/h10-11H,2-9H2,1H3. The molecule has 1 atom stereocenters. The van der Waals surface area contributed by atoms with Gasteiger partial charge in [-0.15, -0.1) is 0 Å². The molecule has 2 rings (SSSR count). The number of nitrogens with one attached hydrogen (secondary N) is 1. The Labute approximate surface area is 81.1 Å². The summed E-state index contributed by atoms with van der Waals surface area (Å²) in [5, 5.41) is 3.59. The minimum atomic E-state index is 0.705. The first-order valence-corrected chi connectivity index (χ1v) is 5.49. The highest BCUT2D eigenvalue weighted by molar-refractivity contribution is 4.81. The Morgan fingerprint density at radius 2 is 2.00 bits per heavy atom. The third-order valence-electron chi connectivity index (χ3n) is 3.14. The van der Waals surface area contributed by atoms with Gasteiger partial charge in [0.05, 0.1) is 0 Å². The summed E-state index contributed by atoms with van der Waals surface area (Å²) in [5.74, 6) is 0. The second-order valence-corrected chi connectivity index (χ2v) is 4.42. The fourth-order valence-electron chi connectivity index (χ4n) is 2.39. The van der Waals surface area contributed by atoms with Crippen LogP contribution in [0.3, 0.4) is 0 Å². The van der Waals surface area contributed by atoms with Gasteiger partial charge in [0.25, 0.3) is 0 Å². The van der Waals surface area contributed by atoms with Crippen LogP contribution in [0.2, 0.25) is 0 Å². The largest absolute Gasteiger partial charge is 0.310 e. The van der Waals surface area contributed by atoms with Crippen LogP contribution in [0.1, 0.15) is 12.8 Å². The van der Waals surface area contributed by atoms with E-state index in [0.29, 0.717) is 6.04 Å². The van der Waals surface area contributed by atoms with E-state index in [1.54, 1.807) is 0 Å². The molecule has 3 heteroatoms. The molecule has 2 aliphatic heterocycles. The zero-order valence-electron chi connectivity index (χ0n) is 8.63. The fraction of sp³-hybridized carbons (Fsp3) is 1.00. The zero-order valence-corrected chi connectivity index (χ0v) is 8.63. The van der Waals surface area contributed by atoms with Gasteiger partial charge in [-0.25, -0.2) is 0 Å². The minimum absolute atomic E-state index is 0.705. The van der Waals surface area contributed by atoms with Crippen LogP contribution < -0.4 is 5.32 Å². The summed E-state index contributed by atoms with van der Waals surface area (Å²) in [6.07, 6.45) is 2.81. The summed E-state index contributed by atoms with van der Waals surface area (Å²) in [6, 6.07) is 0.705. The molecule has 1 N–H and O–H groups in total. The van der Waals surface area contributed by atoms with E-state index in [2.05, 4.69) is 22.2 Å². The van der Waals surface area contributed by atoms with Crippen molar-refractivity contribution in [1.82, 2.24) is 15.1 Å². The van der Waals surface area contributed by atoms with Crippen LogP contribution in [0.15, 0.2) is 0 Å². The van der Waals surface area contributed by atoms with Crippen molar-refractivity contribution in [1.29, 1.82) is 0 Å². The minimum Gasteiger partial charge on any atom is -0.310 e. The molecule has 0 radical (unpaired) electrons. The van der Waals surface area contributed by atoms with E-state index < -0.39 is 0 Å². The molecule has 2 heterocycles. The predicted molar refractivity (Wildman–Crippen MR) is 55.0 cm³/mol. The molecule has 2 aliphatic rings. The van der Waals surface area contributed by atoms with E-state index in [1.807, 2.05) is 0 Å². The molecule has 0 bridgehead atoms. The number of nitrogens with zero attached hydrogens (tertiary/aromatic N) is 2. The summed E-state index contributed by atoms with van der Waals surface area (Å²) >= 11 is 0. The van der Waals surface area contributed by atoms with Gasteiger partial charge in [-0.3, -0.25) is 0 Å². The van der Waals surface area contributed by atoms with Crippen LogP contribution in [0.25, 0.3) is 0 Å². The van der Waals surface area contributed by atoms with Crippen molar-refractivity contribution in [3.05, 3.63) is 0 Å². The molecule has 0 saturated carbocycles. The Morgan fingerprint density at radius 3 is 2.69 bits per heavy atom. The van der Waals surface area contributed by atoms with Gasteiger partial charge >= 0.3 is 0 Å². The maximum Gasteiger partial charge on any atom is 0.0323 e. The Bertz CT molecular complexity index is 154. The van der Waals surface area contributed by atoms with Gasteiger partial charge < -0.3 is 15.1 Å². The molecule has 3 nitrogen and oxygen atoms in total. The van der Waals surface area contributed by atoms with Gasteiger partial charge in [-0.05, 0) is 33.0 Å². The molecular formula is C10H21N3. The average molecular weight is 183 g/mol. The Balaban J connectivity index is 1.73. The summed E-state index contributed by atoms with van der Waals surface area (Å²) < 4.78 is 0. The molecule has 1 unspecified atom stereocenters. The van der Waals surface area contributed by atoms with Crippen molar-refractivity contribution in [2.24, 2.45) is 0 Å². The van der Waals surface area contributed by atoms with Gasteiger partial charge in [-0.2, -0.15) is 0 Å². The molecule has 0 spiro atoms. The average Bonchev–Trinajstić information content (AvgIpc) is 2.57. The maximum absolute atomic E-state index is 3.59. The van der Waals surface area contributed by atoms with Crippen molar-refractivity contribution >= 4 is 0 Å². The van der Waals surface area contributed by atoms with Crippen molar-refractivity contribution in [2.45, 2.75) is 18.9 Å². The predicted octanol–water partition coefficient (Wildman–Crippen LogP) is -0.0142. The van der Waals surface area contributed by atoms with Crippen molar-refractivity contribution in [2.75, 3.05) is 46.3 Å². The number of likely N-dealkylation sites (N-methyl/N-ethyl adjacent to an activating group) is 1. The highest BCUT2D eigenvalue weighted by Gasteiger charge is 2.20. The SMILES string of the molecule is CN1CCNC(CN2CCCC2)C1. The molecule has 2 saturated heterocycles. The second kappa shape index (κ2) is 4.40. The Hall–Kier alpha value is -0.120. The van der Waals surface area contributed by atoms with Gasteiger partial charge in [-0.1, -0.05) is 0 Å². The second-order valence-electron chi connectivity index (χ2n) is 4.42.